The van der Waals surface area contributed by atoms with Gasteiger partial charge in [-0.15, -0.1) is 0 Å². The molecule has 0 saturated heterocycles. The minimum atomic E-state index is -0.282. The average Bonchev–Trinajstić information content (AvgIpc) is 2.74. The molecular formula is C26H20FNO. The second kappa shape index (κ2) is 6.28. The SMILES string of the molecule is CC1(C)c2ccccc2N(c2ccccc2F)c2ccc3cc(C=O)ccc3c21. The normalized spacial score (nSPS) is 14.4. The summed E-state index contributed by atoms with van der Waals surface area (Å²) in [4.78, 5) is 13.3. The molecule has 0 bridgehead atoms. The number of anilines is 3. The van der Waals surface area contributed by atoms with E-state index in [9.17, 15) is 9.18 Å². The quantitative estimate of drug-likeness (QED) is 0.352. The second-order valence-corrected chi connectivity index (χ2v) is 7.99. The van der Waals surface area contributed by atoms with Crippen LogP contribution in [0, 0.1) is 5.82 Å². The number of hydrogen-bond donors (Lipinski definition) is 0. The molecule has 0 N–H and O–H groups in total. The number of nitrogens with zero attached hydrogens (tertiary/aromatic N) is 1. The number of aldehydes is 1. The van der Waals surface area contributed by atoms with Crippen LogP contribution in [0.15, 0.2) is 78.9 Å². The fourth-order valence-corrected chi connectivity index (χ4v) is 4.61. The summed E-state index contributed by atoms with van der Waals surface area (Å²) in [6.07, 6.45) is 0.866. The Bertz CT molecular complexity index is 1270. The minimum Gasteiger partial charge on any atom is -0.307 e. The van der Waals surface area contributed by atoms with Crippen molar-refractivity contribution in [2.45, 2.75) is 19.3 Å². The summed E-state index contributed by atoms with van der Waals surface area (Å²) in [6, 6.07) is 24.9. The Balaban J connectivity index is 1.90. The molecule has 0 radical (unpaired) electrons. The Morgan fingerprint density at radius 3 is 2.31 bits per heavy atom. The largest absolute Gasteiger partial charge is 0.307 e. The first-order chi connectivity index (χ1) is 14.0. The van der Waals surface area contributed by atoms with Crippen molar-refractivity contribution in [1.29, 1.82) is 0 Å². The fraction of sp³-hybridized carbons (Fsp3) is 0.115. The van der Waals surface area contributed by atoms with Crippen molar-refractivity contribution >= 4 is 34.1 Å². The molecule has 142 valence electrons. The third kappa shape index (κ3) is 2.51. The number of carbonyl (C=O) groups excluding carboxylic acids is 1. The lowest BCUT2D eigenvalue weighted by molar-refractivity contribution is 0.112. The maximum absolute atomic E-state index is 14.9. The highest BCUT2D eigenvalue weighted by atomic mass is 19.1. The molecule has 0 aromatic heterocycles. The highest BCUT2D eigenvalue weighted by Crippen LogP contribution is 2.54. The van der Waals surface area contributed by atoms with Gasteiger partial charge in [-0.05, 0) is 52.2 Å². The highest BCUT2D eigenvalue weighted by Gasteiger charge is 2.38. The average molecular weight is 381 g/mol. The third-order valence-corrected chi connectivity index (χ3v) is 5.94. The van der Waals surface area contributed by atoms with Crippen molar-refractivity contribution in [1.82, 2.24) is 0 Å². The van der Waals surface area contributed by atoms with E-state index in [-0.39, 0.29) is 11.2 Å². The Labute approximate surface area is 169 Å². The lowest BCUT2D eigenvalue weighted by atomic mass is 9.71. The summed E-state index contributed by atoms with van der Waals surface area (Å²) in [5.41, 5.74) is 5.12. The van der Waals surface area contributed by atoms with Crippen molar-refractivity contribution < 1.29 is 9.18 Å². The topological polar surface area (TPSA) is 20.3 Å². The predicted molar refractivity (Wildman–Crippen MR) is 116 cm³/mol. The van der Waals surface area contributed by atoms with E-state index in [4.69, 9.17) is 0 Å². The van der Waals surface area contributed by atoms with Gasteiger partial charge in [0.15, 0.2) is 0 Å². The van der Waals surface area contributed by atoms with Crippen LogP contribution in [0.2, 0.25) is 0 Å². The van der Waals surface area contributed by atoms with E-state index >= 15 is 0 Å². The van der Waals surface area contributed by atoms with Gasteiger partial charge in [-0.25, -0.2) is 4.39 Å². The first-order valence-corrected chi connectivity index (χ1v) is 9.69. The zero-order valence-electron chi connectivity index (χ0n) is 16.3. The van der Waals surface area contributed by atoms with Gasteiger partial charge in [0.25, 0.3) is 0 Å². The van der Waals surface area contributed by atoms with Crippen LogP contribution in [-0.2, 0) is 5.41 Å². The maximum Gasteiger partial charge on any atom is 0.150 e. The van der Waals surface area contributed by atoms with E-state index in [0.717, 1.165) is 39.6 Å². The molecule has 4 aromatic carbocycles. The van der Waals surface area contributed by atoms with E-state index < -0.39 is 0 Å². The molecule has 0 saturated carbocycles. The molecule has 0 unspecified atom stereocenters. The van der Waals surface area contributed by atoms with Gasteiger partial charge >= 0.3 is 0 Å². The Morgan fingerprint density at radius 2 is 1.55 bits per heavy atom. The van der Waals surface area contributed by atoms with E-state index in [1.165, 1.54) is 6.07 Å². The van der Waals surface area contributed by atoms with E-state index in [0.29, 0.717) is 11.3 Å². The fourth-order valence-electron chi connectivity index (χ4n) is 4.61. The number of fused-ring (bicyclic) bond motifs is 4. The van der Waals surface area contributed by atoms with E-state index in [1.807, 2.05) is 65.6 Å². The van der Waals surface area contributed by atoms with Gasteiger partial charge in [-0.1, -0.05) is 62.4 Å². The monoisotopic (exact) mass is 381 g/mol. The lowest BCUT2D eigenvalue weighted by Gasteiger charge is -2.42. The molecule has 4 aromatic rings. The summed E-state index contributed by atoms with van der Waals surface area (Å²) in [5, 5.41) is 2.09. The van der Waals surface area contributed by atoms with Gasteiger partial charge < -0.3 is 4.90 Å². The zero-order valence-corrected chi connectivity index (χ0v) is 16.3. The summed E-state index contributed by atoms with van der Waals surface area (Å²) >= 11 is 0. The lowest BCUT2D eigenvalue weighted by Crippen LogP contribution is -2.31. The van der Waals surface area contributed by atoms with Gasteiger partial charge in [-0.3, -0.25) is 4.79 Å². The minimum absolute atomic E-state index is 0.260. The number of para-hydroxylation sites is 2. The van der Waals surface area contributed by atoms with Crippen LogP contribution in [0.4, 0.5) is 21.5 Å². The molecule has 29 heavy (non-hydrogen) atoms. The summed E-state index contributed by atoms with van der Waals surface area (Å²) in [6.45, 7) is 4.41. The molecule has 0 atom stereocenters. The van der Waals surface area contributed by atoms with Crippen LogP contribution in [0.25, 0.3) is 10.8 Å². The van der Waals surface area contributed by atoms with Crippen LogP contribution in [0.5, 0.6) is 0 Å². The van der Waals surface area contributed by atoms with E-state index in [2.05, 4.69) is 19.9 Å². The van der Waals surface area contributed by atoms with Gasteiger partial charge in [0, 0.05) is 11.0 Å². The standard InChI is InChI=1S/C26H20FNO/c1-26(2)20-7-3-5-9-22(20)28(23-10-6-4-8-21(23)27)24-14-12-18-15-17(16-29)11-13-19(18)25(24)26/h3-16H,1-2H3. The van der Waals surface area contributed by atoms with Gasteiger partial charge in [0.1, 0.15) is 12.1 Å². The Hall–Kier alpha value is -3.46. The molecule has 0 fully saturated rings. The number of halogens is 1. The van der Waals surface area contributed by atoms with Gasteiger partial charge in [0.2, 0.25) is 0 Å². The molecule has 1 heterocycles. The van der Waals surface area contributed by atoms with Crippen LogP contribution >= 0.6 is 0 Å². The number of benzene rings is 4. The van der Waals surface area contributed by atoms with Crippen LogP contribution in [-0.4, -0.2) is 6.29 Å². The molecule has 3 heteroatoms. The molecule has 0 amide bonds. The first-order valence-electron chi connectivity index (χ1n) is 9.69. The van der Waals surface area contributed by atoms with Crippen LogP contribution < -0.4 is 4.90 Å². The van der Waals surface area contributed by atoms with Gasteiger partial charge in [0.05, 0.1) is 17.1 Å². The third-order valence-electron chi connectivity index (χ3n) is 5.94. The number of rotatable bonds is 2. The Morgan fingerprint density at radius 1 is 0.828 bits per heavy atom. The molecule has 5 rings (SSSR count). The summed E-state index contributed by atoms with van der Waals surface area (Å²) < 4.78 is 14.9. The molecule has 1 aliphatic heterocycles. The second-order valence-electron chi connectivity index (χ2n) is 7.99. The molecule has 0 spiro atoms. The number of hydrogen-bond acceptors (Lipinski definition) is 2. The van der Waals surface area contributed by atoms with Crippen LogP contribution in [0.3, 0.4) is 0 Å². The van der Waals surface area contributed by atoms with Crippen molar-refractivity contribution in [2.24, 2.45) is 0 Å². The van der Waals surface area contributed by atoms with Gasteiger partial charge in [-0.2, -0.15) is 0 Å². The predicted octanol–water partition coefficient (Wildman–Crippen LogP) is 6.90. The van der Waals surface area contributed by atoms with E-state index in [1.54, 1.807) is 6.07 Å². The molecule has 0 aliphatic carbocycles. The summed E-state index contributed by atoms with van der Waals surface area (Å²) in [7, 11) is 0. The van der Waals surface area contributed by atoms with Crippen molar-refractivity contribution in [3.05, 3.63) is 101 Å². The van der Waals surface area contributed by atoms with Crippen molar-refractivity contribution in [3.63, 3.8) is 0 Å². The first kappa shape index (κ1) is 17.6. The summed E-state index contributed by atoms with van der Waals surface area (Å²) in [5.74, 6) is -0.260. The number of carbonyl (C=O) groups is 1. The van der Waals surface area contributed by atoms with Crippen molar-refractivity contribution in [3.8, 4) is 0 Å². The maximum atomic E-state index is 14.9. The zero-order chi connectivity index (χ0) is 20.2. The highest BCUT2D eigenvalue weighted by molar-refractivity contribution is 5.99. The smallest absolute Gasteiger partial charge is 0.150 e. The Kier molecular flexibility index (Phi) is 3.82. The molecular weight excluding hydrogens is 361 g/mol. The van der Waals surface area contributed by atoms with Crippen molar-refractivity contribution in [2.75, 3.05) is 4.90 Å². The molecule has 2 nitrogen and oxygen atoms in total. The molecule has 1 aliphatic rings. The van der Waals surface area contributed by atoms with Crippen LogP contribution in [0.1, 0.15) is 35.3 Å².